The number of aliphatic carboxylic acids is 1. The van der Waals surface area contributed by atoms with Crippen LogP contribution >= 0.6 is 0 Å². The van der Waals surface area contributed by atoms with Gasteiger partial charge in [0.05, 0.1) is 6.04 Å². The Hall–Kier alpha value is -0.390. The number of hydrogen-bond donors (Lipinski definition) is 3. The van der Waals surface area contributed by atoms with Crippen LogP contribution in [0.1, 0.15) is 11.6 Å². The summed E-state index contributed by atoms with van der Waals surface area (Å²) in [6, 6.07) is 7.75. The van der Waals surface area contributed by atoms with Gasteiger partial charge in [-0.2, -0.15) is 0 Å². The second-order valence-electron chi connectivity index (χ2n) is 2.72. The van der Waals surface area contributed by atoms with Crippen molar-refractivity contribution in [3.8, 4) is 0 Å². The average Bonchev–Trinajstić information content (AvgIpc) is 2.17. The second kappa shape index (κ2) is 6.16. The second-order valence-corrected chi connectivity index (χ2v) is 2.72. The molecule has 0 bridgehead atoms. The molecule has 0 saturated carbocycles. The first-order chi connectivity index (χ1) is 6.13. The fourth-order valence-corrected chi connectivity index (χ4v) is 1.01. The van der Waals surface area contributed by atoms with Gasteiger partial charge in [0.25, 0.3) is 0 Å². The summed E-state index contributed by atoms with van der Waals surface area (Å²) in [6.07, 6.45) is -1.55. The molecule has 71 valence electrons. The van der Waals surface area contributed by atoms with Crippen molar-refractivity contribution in [3.05, 3.63) is 35.9 Å². The Bertz CT molecular complexity index is 291. The average molecular weight is 204 g/mol. The molecule has 0 aromatic heterocycles. The Morgan fingerprint density at radius 3 is 2.21 bits per heavy atom. The molecule has 5 heteroatoms. The number of carbonyl (C=O) groups is 1. The number of aliphatic hydroxyl groups is 1. The zero-order valence-electron chi connectivity index (χ0n) is 7.92. The summed E-state index contributed by atoms with van der Waals surface area (Å²) in [7, 11) is 0. The number of carboxylic acids is 1. The van der Waals surface area contributed by atoms with Gasteiger partial charge in [-0.05, 0) is 5.56 Å². The van der Waals surface area contributed by atoms with Crippen LogP contribution in [0.15, 0.2) is 30.3 Å². The molecule has 1 radical (unpaired) electrons. The topological polar surface area (TPSA) is 83.5 Å². The molecule has 4 N–H and O–H groups in total. The minimum Gasteiger partial charge on any atom is -0.479 e. The van der Waals surface area contributed by atoms with Crippen LogP contribution in [0.25, 0.3) is 0 Å². The van der Waals surface area contributed by atoms with Crippen molar-refractivity contribution in [1.29, 1.82) is 0 Å². The molecule has 0 aliphatic rings. The standard InChI is InChI=1S/C9H11NO3.Na/c10-7(8(11)9(12)13)6-4-2-1-3-5-6;/h1-5,7-8,11H,10H2,(H,12,13);/t7-,8+;/m0./s1. The monoisotopic (exact) mass is 204 g/mol. The van der Waals surface area contributed by atoms with Crippen LogP contribution in [0.2, 0.25) is 0 Å². The van der Waals surface area contributed by atoms with Gasteiger partial charge in [0, 0.05) is 29.6 Å². The maximum absolute atomic E-state index is 10.4. The molecular weight excluding hydrogens is 193 g/mol. The Balaban J connectivity index is 0.00000169. The molecule has 0 unspecified atom stereocenters. The van der Waals surface area contributed by atoms with Crippen LogP contribution in [0.3, 0.4) is 0 Å². The van der Waals surface area contributed by atoms with Gasteiger partial charge in [0.2, 0.25) is 0 Å². The van der Waals surface area contributed by atoms with E-state index in [2.05, 4.69) is 0 Å². The van der Waals surface area contributed by atoms with E-state index in [0.29, 0.717) is 5.56 Å². The van der Waals surface area contributed by atoms with E-state index in [1.807, 2.05) is 0 Å². The normalized spacial score (nSPS) is 13.9. The predicted octanol–water partition coefficient (Wildman–Crippen LogP) is -0.249. The zero-order valence-corrected chi connectivity index (χ0v) is 9.92. The maximum Gasteiger partial charge on any atom is 0.334 e. The van der Waals surface area contributed by atoms with Crippen molar-refractivity contribution in [3.63, 3.8) is 0 Å². The van der Waals surface area contributed by atoms with E-state index in [4.69, 9.17) is 15.9 Å². The van der Waals surface area contributed by atoms with Crippen molar-refractivity contribution in [2.75, 3.05) is 0 Å². The van der Waals surface area contributed by atoms with Crippen LogP contribution in [0, 0.1) is 0 Å². The number of nitrogens with two attached hydrogens (primary N) is 1. The Kier molecular flexibility index (Phi) is 5.99. The van der Waals surface area contributed by atoms with Gasteiger partial charge in [-0.1, -0.05) is 30.3 Å². The van der Waals surface area contributed by atoms with E-state index in [-0.39, 0.29) is 29.6 Å². The number of benzene rings is 1. The van der Waals surface area contributed by atoms with Crippen LogP contribution in [-0.4, -0.2) is 51.8 Å². The van der Waals surface area contributed by atoms with Gasteiger partial charge in [-0.15, -0.1) is 0 Å². The SMILES string of the molecule is N[C@@H](c1ccccc1)[C@@H](O)C(=O)O.[Na]. The summed E-state index contributed by atoms with van der Waals surface area (Å²) in [5, 5.41) is 17.6. The van der Waals surface area contributed by atoms with Crippen molar-refractivity contribution in [1.82, 2.24) is 0 Å². The van der Waals surface area contributed by atoms with Gasteiger partial charge < -0.3 is 15.9 Å². The van der Waals surface area contributed by atoms with Gasteiger partial charge in [0.1, 0.15) is 0 Å². The van der Waals surface area contributed by atoms with E-state index < -0.39 is 18.1 Å². The Morgan fingerprint density at radius 1 is 1.29 bits per heavy atom. The van der Waals surface area contributed by atoms with E-state index in [1.165, 1.54) is 0 Å². The summed E-state index contributed by atoms with van der Waals surface area (Å²) < 4.78 is 0. The molecule has 1 aromatic rings. The van der Waals surface area contributed by atoms with Gasteiger partial charge in [-0.3, -0.25) is 0 Å². The molecular formula is C9H11NNaO3. The molecule has 0 aliphatic heterocycles. The third-order valence-corrected chi connectivity index (χ3v) is 1.78. The van der Waals surface area contributed by atoms with Gasteiger partial charge in [-0.25, -0.2) is 4.79 Å². The van der Waals surface area contributed by atoms with E-state index >= 15 is 0 Å². The van der Waals surface area contributed by atoms with Gasteiger partial charge in [0.15, 0.2) is 6.10 Å². The molecule has 4 nitrogen and oxygen atoms in total. The molecule has 0 fully saturated rings. The largest absolute Gasteiger partial charge is 0.479 e. The number of rotatable bonds is 3. The van der Waals surface area contributed by atoms with Crippen molar-refractivity contribution >= 4 is 35.5 Å². The molecule has 2 atom stereocenters. The fraction of sp³-hybridized carbons (Fsp3) is 0.222. The zero-order chi connectivity index (χ0) is 9.84. The third-order valence-electron chi connectivity index (χ3n) is 1.78. The molecule has 0 amide bonds. The number of aliphatic hydroxyl groups excluding tert-OH is 1. The molecule has 1 rings (SSSR count). The summed E-state index contributed by atoms with van der Waals surface area (Å²) in [6.45, 7) is 0. The molecule has 0 saturated heterocycles. The minimum absolute atomic E-state index is 0. The molecule has 0 heterocycles. The van der Waals surface area contributed by atoms with Crippen molar-refractivity contribution in [2.45, 2.75) is 12.1 Å². The Labute approximate surface area is 104 Å². The van der Waals surface area contributed by atoms with Crippen LogP contribution < -0.4 is 5.73 Å². The van der Waals surface area contributed by atoms with Crippen molar-refractivity contribution in [2.24, 2.45) is 5.73 Å². The van der Waals surface area contributed by atoms with Crippen LogP contribution in [0.4, 0.5) is 0 Å². The van der Waals surface area contributed by atoms with Crippen LogP contribution in [-0.2, 0) is 4.79 Å². The smallest absolute Gasteiger partial charge is 0.334 e. The summed E-state index contributed by atoms with van der Waals surface area (Å²) >= 11 is 0. The molecule has 0 aliphatic carbocycles. The number of carboxylic acid groups (broad SMARTS) is 1. The van der Waals surface area contributed by atoms with Crippen molar-refractivity contribution < 1.29 is 15.0 Å². The van der Waals surface area contributed by atoms with E-state index in [1.54, 1.807) is 30.3 Å². The minimum atomic E-state index is -1.55. The first-order valence-electron chi connectivity index (χ1n) is 3.84. The predicted molar refractivity (Wildman–Crippen MR) is 52.8 cm³/mol. The first kappa shape index (κ1) is 13.6. The summed E-state index contributed by atoms with van der Waals surface area (Å²) in [5.41, 5.74) is 6.12. The summed E-state index contributed by atoms with van der Waals surface area (Å²) in [5.74, 6) is -1.31. The Morgan fingerprint density at radius 2 is 1.79 bits per heavy atom. The first-order valence-corrected chi connectivity index (χ1v) is 3.84. The molecule has 0 spiro atoms. The van der Waals surface area contributed by atoms with Crippen LogP contribution in [0.5, 0.6) is 0 Å². The van der Waals surface area contributed by atoms with E-state index in [0.717, 1.165) is 0 Å². The molecule has 1 aromatic carbocycles. The fourth-order valence-electron chi connectivity index (χ4n) is 1.01. The van der Waals surface area contributed by atoms with Gasteiger partial charge >= 0.3 is 5.97 Å². The summed E-state index contributed by atoms with van der Waals surface area (Å²) in [4.78, 5) is 10.4. The molecule has 14 heavy (non-hydrogen) atoms. The third kappa shape index (κ3) is 3.40. The van der Waals surface area contributed by atoms with E-state index in [9.17, 15) is 4.79 Å². The maximum atomic E-state index is 10.4. The quantitative estimate of drug-likeness (QED) is 0.593. The number of hydrogen-bond acceptors (Lipinski definition) is 3.